The summed E-state index contributed by atoms with van der Waals surface area (Å²) in [6, 6.07) is 7.53. The molecule has 0 unspecified atom stereocenters. The van der Waals surface area contributed by atoms with Crippen molar-refractivity contribution in [2.45, 2.75) is 30.8 Å². The Hall–Kier alpha value is -2.39. The molecule has 2 N–H and O–H groups in total. The van der Waals surface area contributed by atoms with Crippen LogP contribution < -0.4 is 5.69 Å². The van der Waals surface area contributed by atoms with E-state index in [2.05, 4.69) is 15.0 Å². The van der Waals surface area contributed by atoms with Crippen LogP contribution in [0.15, 0.2) is 40.3 Å². The quantitative estimate of drug-likeness (QED) is 0.735. The van der Waals surface area contributed by atoms with E-state index in [1.54, 1.807) is 11.5 Å². The average molecular weight is 361 g/mol. The molecule has 4 rings (SSSR count). The largest absolute Gasteiger partial charge is 0.332 e. The Kier molecular flexibility index (Phi) is 3.77. The minimum atomic E-state index is -3.57. The maximum absolute atomic E-state index is 12.7. The zero-order chi connectivity index (χ0) is 17.6. The van der Waals surface area contributed by atoms with Crippen LogP contribution in [0.4, 0.5) is 0 Å². The van der Waals surface area contributed by atoms with Crippen LogP contribution in [0.5, 0.6) is 0 Å². The fourth-order valence-corrected chi connectivity index (χ4v) is 4.88. The SMILES string of the molecule is Cc1ncc(S(=O)(=O)N2CCC(n3c(=O)[nH]c4ccccc43)CC2)[nH]1. The van der Waals surface area contributed by atoms with Gasteiger partial charge in [-0.15, -0.1) is 0 Å². The fourth-order valence-electron chi connectivity index (χ4n) is 3.45. The summed E-state index contributed by atoms with van der Waals surface area (Å²) in [5.74, 6) is 0.568. The lowest BCUT2D eigenvalue weighted by Gasteiger charge is -2.31. The number of aromatic amines is 2. The number of H-pyrrole nitrogens is 2. The first-order valence-corrected chi connectivity index (χ1v) is 9.62. The van der Waals surface area contributed by atoms with Crippen molar-refractivity contribution >= 4 is 21.1 Å². The van der Waals surface area contributed by atoms with Gasteiger partial charge >= 0.3 is 5.69 Å². The van der Waals surface area contributed by atoms with Crippen LogP contribution in [-0.4, -0.2) is 45.3 Å². The number of hydrogen-bond donors (Lipinski definition) is 2. The number of fused-ring (bicyclic) bond motifs is 1. The lowest BCUT2D eigenvalue weighted by molar-refractivity contribution is 0.274. The normalized spacial score (nSPS) is 17.3. The van der Waals surface area contributed by atoms with Gasteiger partial charge in [0.2, 0.25) is 0 Å². The predicted molar refractivity (Wildman–Crippen MR) is 92.9 cm³/mol. The van der Waals surface area contributed by atoms with Crippen LogP contribution >= 0.6 is 0 Å². The third-order valence-corrected chi connectivity index (χ3v) is 6.52. The van der Waals surface area contributed by atoms with E-state index < -0.39 is 10.0 Å². The molecule has 0 spiro atoms. The molecule has 9 heteroatoms. The second-order valence-electron chi connectivity index (χ2n) is 6.29. The van der Waals surface area contributed by atoms with Gasteiger partial charge in [-0.2, -0.15) is 4.31 Å². The molecular weight excluding hydrogens is 342 g/mol. The van der Waals surface area contributed by atoms with Gasteiger partial charge in [0.05, 0.1) is 17.2 Å². The van der Waals surface area contributed by atoms with Crippen LogP contribution in [-0.2, 0) is 10.0 Å². The molecule has 3 aromatic rings. The van der Waals surface area contributed by atoms with Crippen LogP contribution in [0.2, 0.25) is 0 Å². The Morgan fingerprint density at radius 2 is 1.88 bits per heavy atom. The number of rotatable bonds is 3. The standard InChI is InChI=1S/C16H19N5O3S/c1-11-17-10-15(18-11)25(23,24)20-8-6-12(7-9-20)21-14-5-3-2-4-13(14)19-16(21)22/h2-5,10,12H,6-9H2,1H3,(H,17,18)(H,19,22). The van der Waals surface area contributed by atoms with Gasteiger partial charge in [-0.05, 0) is 31.9 Å². The lowest BCUT2D eigenvalue weighted by Crippen LogP contribution is -2.40. The molecule has 0 bridgehead atoms. The molecule has 1 fully saturated rings. The van der Waals surface area contributed by atoms with Gasteiger partial charge in [0, 0.05) is 19.1 Å². The van der Waals surface area contributed by atoms with Crippen molar-refractivity contribution in [3.8, 4) is 0 Å². The van der Waals surface area contributed by atoms with Gasteiger partial charge in [-0.3, -0.25) is 4.57 Å². The minimum Gasteiger partial charge on any atom is -0.332 e. The smallest absolute Gasteiger partial charge is 0.326 e. The van der Waals surface area contributed by atoms with E-state index in [0.717, 1.165) is 11.0 Å². The van der Waals surface area contributed by atoms with Gasteiger partial charge in [-0.1, -0.05) is 12.1 Å². The monoisotopic (exact) mass is 361 g/mol. The maximum atomic E-state index is 12.7. The number of aryl methyl sites for hydroxylation is 1. The highest BCUT2D eigenvalue weighted by Crippen LogP contribution is 2.27. The van der Waals surface area contributed by atoms with E-state index in [9.17, 15) is 13.2 Å². The van der Waals surface area contributed by atoms with E-state index in [-0.39, 0.29) is 16.8 Å². The second-order valence-corrected chi connectivity index (χ2v) is 8.19. The molecule has 3 heterocycles. The minimum absolute atomic E-state index is 0.0152. The number of piperidine rings is 1. The highest BCUT2D eigenvalue weighted by atomic mass is 32.2. The van der Waals surface area contributed by atoms with E-state index in [4.69, 9.17) is 0 Å². The molecule has 25 heavy (non-hydrogen) atoms. The molecule has 1 saturated heterocycles. The van der Waals surface area contributed by atoms with Crippen molar-refractivity contribution in [2.75, 3.05) is 13.1 Å². The van der Waals surface area contributed by atoms with Crippen molar-refractivity contribution in [2.24, 2.45) is 0 Å². The van der Waals surface area contributed by atoms with E-state index in [1.807, 2.05) is 24.3 Å². The molecule has 2 aromatic heterocycles. The van der Waals surface area contributed by atoms with Crippen molar-refractivity contribution in [1.29, 1.82) is 0 Å². The molecule has 8 nitrogen and oxygen atoms in total. The van der Waals surface area contributed by atoms with Gasteiger partial charge in [0.15, 0.2) is 5.03 Å². The third-order valence-electron chi connectivity index (χ3n) is 4.71. The highest BCUT2D eigenvalue weighted by Gasteiger charge is 2.32. The summed E-state index contributed by atoms with van der Waals surface area (Å²) in [7, 11) is -3.57. The summed E-state index contributed by atoms with van der Waals surface area (Å²) in [6.07, 6.45) is 2.53. The van der Waals surface area contributed by atoms with Crippen LogP contribution in [0, 0.1) is 6.92 Å². The summed E-state index contributed by atoms with van der Waals surface area (Å²) in [4.78, 5) is 21.9. The zero-order valence-corrected chi connectivity index (χ0v) is 14.6. The number of aromatic nitrogens is 4. The number of hydrogen-bond acceptors (Lipinski definition) is 4. The van der Waals surface area contributed by atoms with Crippen LogP contribution in [0.25, 0.3) is 11.0 Å². The van der Waals surface area contributed by atoms with Crippen LogP contribution in [0.1, 0.15) is 24.7 Å². The Labute approximate surface area is 144 Å². The fraction of sp³-hybridized carbons (Fsp3) is 0.375. The predicted octanol–water partition coefficient (Wildman–Crippen LogP) is 1.39. The summed E-state index contributed by atoms with van der Waals surface area (Å²) in [5, 5.41) is 0.118. The van der Waals surface area contributed by atoms with Gasteiger partial charge < -0.3 is 9.97 Å². The number of para-hydroxylation sites is 2. The summed E-state index contributed by atoms with van der Waals surface area (Å²) in [5.41, 5.74) is 1.51. The van der Waals surface area contributed by atoms with E-state index >= 15 is 0 Å². The third kappa shape index (κ3) is 2.69. The average Bonchev–Trinajstić information content (AvgIpc) is 3.18. The molecule has 0 aliphatic carbocycles. The van der Waals surface area contributed by atoms with Gasteiger partial charge in [-0.25, -0.2) is 18.2 Å². The van der Waals surface area contributed by atoms with Crippen molar-refractivity contribution in [3.63, 3.8) is 0 Å². The zero-order valence-electron chi connectivity index (χ0n) is 13.8. The van der Waals surface area contributed by atoms with Gasteiger partial charge in [0.25, 0.3) is 10.0 Å². The molecule has 132 valence electrons. The molecule has 1 aromatic carbocycles. The molecule has 1 aliphatic rings. The molecule has 1 aliphatic heterocycles. The Balaban J connectivity index is 1.57. The molecule has 0 atom stereocenters. The van der Waals surface area contributed by atoms with E-state index in [1.165, 1.54) is 10.5 Å². The summed E-state index contributed by atoms with van der Waals surface area (Å²) < 4.78 is 28.5. The maximum Gasteiger partial charge on any atom is 0.326 e. The van der Waals surface area contributed by atoms with Crippen molar-refractivity contribution in [3.05, 3.63) is 46.8 Å². The second kappa shape index (κ2) is 5.85. The molecule has 0 saturated carbocycles. The first-order chi connectivity index (χ1) is 12.0. The van der Waals surface area contributed by atoms with Gasteiger partial charge in [0.1, 0.15) is 5.82 Å². The summed E-state index contributed by atoms with van der Waals surface area (Å²) >= 11 is 0. The van der Waals surface area contributed by atoms with E-state index in [0.29, 0.717) is 31.8 Å². The molecule has 0 amide bonds. The highest BCUT2D eigenvalue weighted by molar-refractivity contribution is 7.89. The number of nitrogens with zero attached hydrogens (tertiary/aromatic N) is 3. The van der Waals surface area contributed by atoms with Crippen molar-refractivity contribution < 1.29 is 8.42 Å². The molecule has 0 radical (unpaired) electrons. The molecular formula is C16H19N5O3S. The Bertz CT molecular complexity index is 1070. The van der Waals surface area contributed by atoms with Crippen molar-refractivity contribution in [1.82, 2.24) is 23.8 Å². The topological polar surface area (TPSA) is 104 Å². The first kappa shape index (κ1) is 16.1. The number of nitrogens with one attached hydrogen (secondary N) is 2. The number of imidazole rings is 2. The number of sulfonamides is 1. The Morgan fingerprint density at radius 3 is 2.56 bits per heavy atom. The lowest BCUT2D eigenvalue weighted by atomic mass is 10.1. The van der Waals surface area contributed by atoms with Crippen LogP contribution in [0.3, 0.4) is 0 Å². The summed E-state index contributed by atoms with van der Waals surface area (Å²) in [6.45, 7) is 2.46. The Morgan fingerprint density at radius 1 is 1.16 bits per heavy atom. The number of benzene rings is 1. The first-order valence-electron chi connectivity index (χ1n) is 8.18.